The molecule has 1 rings (SSSR count). The number of quaternary nitrogens is 1. The maximum atomic E-state index is 9.06. The van der Waals surface area contributed by atoms with E-state index in [0.717, 1.165) is 24.1 Å². The summed E-state index contributed by atoms with van der Waals surface area (Å²) in [6, 6.07) is 10.4. The number of aliphatic hydroxyl groups excluding tert-OH is 1. The quantitative estimate of drug-likeness (QED) is 0.556. The summed E-state index contributed by atoms with van der Waals surface area (Å²) in [5, 5.41) is 9.06. The van der Waals surface area contributed by atoms with Gasteiger partial charge in [0.05, 0.1) is 20.2 Å². The molecule has 0 unspecified atom stereocenters. The SMILES string of the molecule is C=CC[N@+](C)(CCO)Cc1ccccc1. The van der Waals surface area contributed by atoms with Gasteiger partial charge in [-0.05, 0) is 6.08 Å². The Morgan fingerprint density at radius 2 is 2.00 bits per heavy atom. The molecule has 0 aromatic heterocycles. The average Bonchev–Trinajstić information content (AvgIpc) is 2.19. The van der Waals surface area contributed by atoms with Crippen molar-refractivity contribution in [2.24, 2.45) is 0 Å². The van der Waals surface area contributed by atoms with Crippen molar-refractivity contribution in [1.29, 1.82) is 0 Å². The van der Waals surface area contributed by atoms with Gasteiger partial charge in [0.1, 0.15) is 13.1 Å². The van der Waals surface area contributed by atoms with Crippen LogP contribution in [0, 0.1) is 0 Å². The summed E-state index contributed by atoms with van der Waals surface area (Å²) >= 11 is 0. The fraction of sp³-hybridized carbons (Fsp3) is 0.385. The molecule has 0 spiro atoms. The molecule has 1 aromatic carbocycles. The first-order valence-corrected chi connectivity index (χ1v) is 5.29. The Balaban J connectivity index is 2.70. The largest absolute Gasteiger partial charge is 0.391 e. The lowest BCUT2D eigenvalue weighted by Crippen LogP contribution is -2.45. The van der Waals surface area contributed by atoms with Gasteiger partial charge in [0.25, 0.3) is 0 Å². The minimum absolute atomic E-state index is 0.219. The Kier molecular flexibility index (Phi) is 4.53. The second-order valence-corrected chi connectivity index (χ2v) is 4.18. The standard InChI is InChI=1S/C13H20NO/c1-3-9-14(2,10-11-15)12-13-7-5-4-6-8-13/h3-8,15H,1,9-12H2,2H3/q+1/t14-/m1/s1. The molecule has 0 saturated carbocycles. The van der Waals surface area contributed by atoms with E-state index in [-0.39, 0.29) is 6.61 Å². The van der Waals surface area contributed by atoms with Crippen LogP contribution in [0.1, 0.15) is 5.56 Å². The van der Waals surface area contributed by atoms with Crippen molar-refractivity contribution in [3.8, 4) is 0 Å². The molecule has 0 aliphatic rings. The molecule has 1 N–H and O–H groups in total. The van der Waals surface area contributed by atoms with Crippen molar-refractivity contribution in [1.82, 2.24) is 0 Å². The van der Waals surface area contributed by atoms with Crippen LogP contribution in [0.2, 0.25) is 0 Å². The molecule has 2 nitrogen and oxygen atoms in total. The third kappa shape index (κ3) is 3.86. The zero-order chi connectivity index (χ0) is 11.1. The zero-order valence-corrected chi connectivity index (χ0v) is 9.39. The van der Waals surface area contributed by atoms with Gasteiger partial charge in [0.2, 0.25) is 0 Å². The van der Waals surface area contributed by atoms with Crippen LogP contribution >= 0.6 is 0 Å². The molecule has 0 saturated heterocycles. The first kappa shape index (κ1) is 12.0. The molecule has 0 heterocycles. The van der Waals surface area contributed by atoms with Crippen molar-refractivity contribution in [2.75, 3.05) is 26.7 Å². The van der Waals surface area contributed by atoms with E-state index in [1.165, 1.54) is 5.56 Å². The van der Waals surface area contributed by atoms with Gasteiger partial charge in [0, 0.05) is 5.56 Å². The summed E-state index contributed by atoms with van der Waals surface area (Å²) in [5.74, 6) is 0. The Morgan fingerprint density at radius 3 is 2.53 bits per heavy atom. The molecule has 0 aliphatic carbocycles. The lowest BCUT2D eigenvalue weighted by atomic mass is 10.2. The highest BCUT2D eigenvalue weighted by molar-refractivity contribution is 5.13. The van der Waals surface area contributed by atoms with Crippen LogP contribution in [-0.2, 0) is 6.54 Å². The molecule has 0 aliphatic heterocycles. The van der Waals surface area contributed by atoms with E-state index in [0.29, 0.717) is 0 Å². The van der Waals surface area contributed by atoms with Crippen LogP contribution in [0.4, 0.5) is 0 Å². The summed E-state index contributed by atoms with van der Waals surface area (Å²) in [4.78, 5) is 0. The second kappa shape index (κ2) is 5.69. The molecule has 82 valence electrons. The molecule has 0 fully saturated rings. The van der Waals surface area contributed by atoms with Crippen LogP contribution in [-0.4, -0.2) is 36.3 Å². The van der Waals surface area contributed by atoms with Gasteiger partial charge in [-0.3, -0.25) is 0 Å². The number of hydrogen-bond donors (Lipinski definition) is 1. The highest BCUT2D eigenvalue weighted by atomic mass is 16.3. The smallest absolute Gasteiger partial charge is 0.104 e. The number of benzene rings is 1. The third-order valence-electron chi connectivity index (χ3n) is 2.62. The highest BCUT2D eigenvalue weighted by Crippen LogP contribution is 2.11. The predicted octanol–water partition coefficient (Wildman–Crippen LogP) is 1.81. The predicted molar refractivity (Wildman–Crippen MR) is 63.3 cm³/mol. The zero-order valence-electron chi connectivity index (χ0n) is 9.39. The number of likely N-dealkylation sites (N-methyl/N-ethyl adjacent to an activating group) is 1. The van der Waals surface area contributed by atoms with Crippen LogP contribution in [0.5, 0.6) is 0 Å². The molecule has 0 bridgehead atoms. The van der Waals surface area contributed by atoms with Crippen LogP contribution in [0.25, 0.3) is 0 Å². The molecule has 15 heavy (non-hydrogen) atoms. The molecule has 1 atom stereocenters. The van der Waals surface area contributed by atoms with E-state index in [1.54, 1.807) is 0 Å². The Labute approximate surface area is 92.1 Å². The van der Waals surface area contributed by atoms with Crippen molar-refractivity contribution in [3.63, 3.8) is 0 Å². The summed E-state index contributed by atoms with van der Waals surface area (Å²) in [7, 11) is 2.14. The van der Waals surface area contributed by atoms with Crippen LogP contribution in [0.15, 0.2) is 43.0 Å². The van der Waals surface area contributed by atoms with Gasteiger partial charge >= 0.3 is 0 Å². The molecule has 1 aromatic rings. The fourth-order valence-corrected chi connectivity index (χ4v) is 1.81. The third-order valence-corrected chi connectivity index (χ3v) is 2.62. The monoisotopic (exact) mass is 206 g/mol. The van der Waals surface area contributed by atoms with Crippen LogP contribution < -0.4 is 0 Å². The summed E-state index contributed by atoms with van der Waals surface area (Å²) < 4.78 is 0.810. The maximum absolute atomic E-state index is 9.06. The fourth-order valence-electron chi connectivity index (χ4n) is 1.81. The summed E-state index contributed by atoms with van der Waals surface area (Å²) in [6.45, 7) is 6.58. The van der Waals surface area contributed by atoms with Gasteiger partial charge in [-0.2, -0.15) is 0 Å². The maximum Gasteiger partial charge on any atom is 0.104 e. The summed E-state index contributed by atoms with van der Waals surface area (Å²) in [5.41, 5.74) is 1.30. The minimum atomic E-state index is 0.219. The van der Waals surface area contributed by atoms with Crippen molar-refractivity contribution < 1.29 is 9.59 Å². The molecule has 0 amide bonds. The molecule has 0 radical (unpaired) electrons. The van der Waals surface area contributed by atoms with E-state index in [4.69, 9.17) is 5.11 Å². The first-order chi connectivity index (χ1) is 7.20. The number of rotatable bonds is 6. The lowest BCUT2D eigenvalue weighted by molar-refractivity contribution is -0.917. The van der Waals surface area contributed by atoms with Gasteiger partial charge in [0.15, 0.2) is 0 Å². The first-order valence-electron chi connectivity index (χ1n) is 5.29. The topological polar surface area (TPSA) is 20.2 Å². The van der Waals surface area contributed by atoms with Crippen molar-refractivity contribution in [3.05, 3.63) is 48.6 Å². The lowest BCUT2D eigenvalue weighted by Gasteiger charge is -2.33. The van der Waals surface area contributed by atoms with E-state index in [1.807, 2.05) is 24.3 Å². The van der Waals surface area contributed by atoms with Crippen LogP contribution in [0.3, 0.4) is 0 Å². The average molecular weight is 206 g/mol. The van der Waals surface area contributed by atoms with Gasteiger partial charge in [-0.15, -0.1) is 0 Å². The second-order valence-electron chi connectivity index (χ2n) is 4.18. The van der Waals surface area contributed by atoms with E-state index in [2.05, 4.69) is 25.8 Å². The Hall–Kier alpha value is -1.12. The van der Waals surface area contributed by atoms with E-state index >= 15 is 0 Å². The molecular formula is C13H20NO+. The van der Waals surface area contributed by atoms with Gasteiger partial charge < -0.3 is 9.59 Å². The van der Waals surface area contributed by atoms with Crippen molar-refractivity contribution in [2.45, 2.75) is 6.54 Å². The number of aliphatic hydroxyl groups is 1. The van der Waals surface area contributed by atoms with Crippen molar-refractivity contribution >= 4 is 0 Å². The normalized spacial score (nSPS) is 14.5. The van der Waals surface area contributed by atoms with Gasteiger partial charge in [-0.25, -0.2) is 0 Å². The van der Waals surface area contributed by atoms with E-state index in [9.17, 15) is 0 Å². The number of hydrogen-bond acceptors (Lipinski definition) is 1. The minimum Gasteiger partial charge on any atom is -0.391 e. The Morgan fingerprint density at radius 1 is 1.33 bits per heavy atom. The highest BCUT2D eigenvalue weighted by Gasteiger charge is 2.19. The number of nitrogens with zero attached hydrogens (tertiary/aromatic N) is 1. The van der Waals surface area contributed by atoms with Gasteiger partial charge in [-0.1, -0.05) is 36.9 Å². The molecule has 2 heteroatoms. The molecular weight excluding hydrogens is 186 g/mol. The van der Waals surface area contributed by atoms with E-state index < -0.39 is 0 Å². The summed E-state index contributed by atoms with van der Waals surface area (Å²) in [6.07, 6.45) is 1.92. The Bertz CT molecular complexity index is 297.